The molecule has 0 bridgehead atoms. The zero-order valence-electron chi connectivity index (χ0n) is 13.9. The van der Waals surface area contributed by atoms with Crippen molar-refractivity contribution in [2.45, 2.75) is 26.8 Å². The van der Waals surface area contributed by atoms with Gasteiger partial charge in [0.2, 0.25) is 0 Å². The van der Waals surface area contributed by atoms with Crippen LogP contribution >= 0.6 is 0 Å². The van der Waals surface area contributed by atoms with E-state index in [0.717, 1.165) is 17.7 Å². The van der Waals surface area contributed by atoms with Gasteiger partial charge in [-0.2, -0.15) is 5.26 Å². The van der Waals surface area contributed by atoms with E-state index in [9.17, 15) is 5.26 Å². The van der Waals surface area contributed by atoms with Crippen LogP contribution in [0.4, 0.5) is 0 Å². The average molecular weight is 317 g/mol. The van der Waals surface area contributed by atoms with Crippen molar-refractivity contribution in [2.75, 3.05) is 0 Å². The Labute approximate surface area is 142 Å². The predicted molar refractivity (Wildman–Crippen MR) is 93.1 cm³/mol. The van der Waals surface area contributed by atoms with E-state index in [2.05, 4.69) is 22.5 Å². The summed E-state index contributed by atoms with van der Waals surface area (Å²) in [6, 6.07) is 15.7. The smallest absolute Gasteiger partial charge is 0.145 e. The maximum absolute atomic E-state index is 9.33. The molecule has 0 aliphatic carbocycles. The zero-order valence-corrected chi connectivity index (χ0v) is 13.9. The highest BCUT2D eigenvalue weighted by molar-refractivity contribution is 5.47. The lowest BCUT2D eigenvalue weighted by Gasteiger charge is -2.11. The largest absolute Gasteiger partial charge is 0.456 e. The molecule has 0 saturated heterocycles. The summed E-state index contributed by atoms with van der Waals surface area (Å²) in [5.74, 6) is 1.31. The minimum absolute atomic E-state index is 0.528. The molecule has 24 heavy (non-hydrogen) atoms. The molecule has 0 spiro atoms. The second kappa shape index (κ2) is 7.01. The lowest BCUT2D eigenvalue weighted by atomic mass is 10.1. The van der Waals surface area contributed by atoms with Crippen LogP contribution in [0, 0.1) is 18.3 Å². The third-order valence-corrected chi connectivity index (χ3v) is 3.93. The first-order valence-electron chi connectivity index (χ1n) is 7.96. The minimum Gasteiger partial charge on any atom is -0.456 e. The molecule has 2 aromatic carbocycles. The molecule has 0 atom stereocenters. The van der Waals surface area contributed by atoms with Gasteiger partial charge in [-0.25, -0.2) is 4.98 Å². The Kier molecular flexibility index (Phi) is 4.62. The molecule has 4 nitrogen and oxygen atoms in total. The normalized spacial score (nSPS) is 10.4. The first-order valence-corrected chi connectivity index (χ1v) is 7.96. The Morgan fingerprint density at radius 2 is 1.96 bits per heavy atom. The Hall–Kier alpha value is -3.06. The van der Waals surface area contributed by atoms with E-state index in [1.54, 1.807) is 6.07 Å². The van der Waals surface area contributed by atoms with Crippen molar-refractivity contribution in [3.8, 4) is 17.6 Å². The predicted octanol–water partition coefficient (Wildman–Crippen LogP) is 4.47. The number of aryl methyl sites for hydroxylation is 2. The van der Waals surface area contributed by atoms with Gasteiger partial charge >= 0.3 is 0 Å². The second-order valence-corrected chi connectivity index (χ2v) is 5.72. The van der Waals surface area contributed by atoms with Gasteiger partial charge in [0.25, 0.3) is 0 Å². The molecule has 4 heteroatoms. The molecule has 120 valence electrons. The minimum atomic E-state index is 0.528. The lowest BCUT2D eigenvalue weighted by molar-refractivity contribution is 0.480. The van der Waals surface area contributed by atoms with E-state index >= 15 is 0 Å². The van der Waals surface area contributed by atoms with Crippen LogP contribution in [0.5, 0.6) is 11.5 Å². The van der Waals surface area contributed by atoms with Gasteiger partial charge in [0, 0.05) is 18.4 Å². The first-order chi connectivity index (χ1) is 11.7. The summed E-state index contributed by atoms with van der Waals surface area (Å²) < 4.78 is 8.03. The fraction of sp³-hybridized carbons (Fsp3) is 0.200. The molecular weight excluding hydrogens is 298 g/mol. The quantitative estimate of drug-likeness (QED) is 0.698. The van der Waals surface area contributed by atoms with Crippen molar-refractivity contribution in [3.05, 3.63) is 77.4 Å². The Bertz CT molecular complexity index is 873. The van der Waals surface area contributed by atoms with Crippen molar-refractivity contribution in [1.29, 1.82) is 5.26 Å². The molecule has 0 N–H and O–H groups in total. The van der Waals surface area contributed by atoms with Crippen LogP contribution < -0.4 is 4.74 Å². The van der Waals surface area contributed by atoms with E-state index in [1.165, 1.54) is 11.3 Å². The third-order valence-electron chi connectivity index (χ3n) is 3.93. The average Bonchev–Trinajstić information content (AvgIpc) is 3.04. The van der Waals surface area contributed by atoms with E-state index in [0.29, 0.717) is 17.9 Å². The number of imidazole rings is 1. The Morgan fingerprint density at radius 3 is 2.67 bits per heavy atom. The van der Waals surface area contributed by atoms with Crippen LogP contribution in [-0.4, -0.2) is 9.55 Å². The molecule has 3 rings (SSSR count). The SMILES string of the molecule is CCc1cncn1Cc1ccc(C#N)c(Oc2ccc(C)cc2)c1. The fourth-order valence-corrected chi connectivity index (χ4v) is 2.56. The number of nitrogens with zero attached hydrogens (tertiary/aromatic N) is 3. The molecule has 0 aliphatic rings. The summed E-state index contributed by atoms with van der Waals surface area (Å²) in [6.07, 6.45) is 4.65. The highest BCUT2D eigenvalue weighted by Gasteiger charge is 2.08. The van der Waals surface area contributed by atoms with E-state index < -0.39 is 0 Å². The molecule has 0 fully saturated rings. The highest BCUT2D eigenvalue weighted by Crippen LogP contribution is 2.27. The van der Waals surface area contributed by atoms with Gasteiger partial charge in [-0.05, 0) is 43.2 Å². The third kappa shape index (κ3) is 3.47. The number of benzene rings is 2. The van der Waals surface area contributed by atoms with Crippen molar-refractivity contribution in [1.82, 2.24) is 9.55 Å². The summed E-state index contributed by atoms with van der Waals surface area (Å²) >= 11 is 0. The molecule has 1 heterocycles. The van der Waals surface area contributed by atoms with E-state index in [1.807, 2.05) is 55.8 Å². The number of nitriles is 1. The molecular formula is C20H19N3O. The van der Waals surface area contributed by atoms with Gasteiger partial charge in [-0.3, -0.25) is 0 Å². The highest BCUT2D eigenvalue weighted by atomic mass is 16.5. The molecule has 0 saturated carbocycles. The first kappa shape index (κ1) is 15.8. The number of hydrogen-bond acceptors (Lipinski definition) is 3. The fourth-order valence-electron chi connectivity index (χ4n) is 2.56. The molecule has 3 aromatic rings. The van der Waals surface area contributed by atoms with Crippen LogP contribution in [0.3, 0.4) is 0 Å². The van der Waals surface area contributed by atoms with Crippen LogP contribution in [0.15, 0.2) is 55.0 Å². The Morgan fingerprint density at radius 1 is 1.17 bits per heavy atom. The topological polar surface area (TPSA) is 50.8 Å². The summed E-state index contributed by atoms with van der Waals surface area (Å²) in [5.41, 5.74) is 3.95. The molecule has 0 amide bonds. The van der Waals surface area contributed by atoms with Crippen LogP contribution in [0.25, 0.3) is 0 Å². The van der Waals surface area contributed by atoms with Crippen LogP contribution in [0.2, 0.25) is 0 Å². The number of ether oxygens (including phenoxy) is 1. The van der Waals surface area contributed by atoms with Crippen molar-refractivity contribution in [3.63, 3.8) is 0 Å². The standard InChI is InChI=1S/C20H19N3O/c1-3-18-12-22-14-23(18)13-16-6-7-17(11-21)20(10-16)24-19-8-4-15(2)5-9-19/h4-10,12,14H,3,13H2,1-2H3. The summed E-state index contributed by atoms with van der Waals surface area (Å²) in [5, 5.41) is 9.33. The monoisotopic (exact) mass is 317 g/mol. The summed E-state index contributed by atoms with van der Waals surface area (Å²) in [6.45, 7) is 4.85. The van der Waals surface area contributed by atoms with Gasteiger partial charge in [0.15, 0.2) is 0 Å². The molecule has 0 radical (unpaired) electrons. The number of aromatic nitrogens is 2. The van der Waals surface area contributed by atoms with Crippen LogP contribution in [-0.2, 0) is 13.0 Å². The van der Waals surface area contributed by atoms with E-state index in [4.69, 9.17) is 4.74 Å². The van der Waals surface area contributed by atoms with Crippen molar-refractivity contribution in [2.24, 2.45) is 0 Å². The van der Waals surface area contributed by atoms with E-state index in [-0.39, 0.29) is 0 Å². The van der Waals surface area contributed by atoms with Crippen LogP contribution in [0.1, 0.15) is 29.3 Å². The summed E-state index contributed by atoms with van der Waals surface area (Å²) in [7, 11) is 0. The molecule has 0 unspecified atom stereocenters. The Balaban J connectivity index is 1.88. The lowest BCUT2D eigenvalue weighted by Crippen LogP contribution is -2.03. The summed E-state index contributed by atoms with van der Waals surface area (Å²) in [4.78, 5) is 4.20. The van der Waals surface area contributed by atoms with Crippen molar-refractivity contribution >= 4 is 0 Å². The van der Waals surface area contributed by atoms with Gasteiger partial charge in [0.1, 0.15) is 17.6 Å². The van der Waals surface area contributed by atoms with Gasteiger partial charge < -0.3 is 9.30 Å². The van der Waals surface area contributed by atoms with Crippen molar-refractivity contribution < 1.29 is 4.74 Å². The maximum atomic E-state index is 9.33. The van der Waals surface area contributed by atoms with Gasteiger partial charge in [-0.1, -0.05) is 30.7 Å². The molecule has 0 aliphatic heterocycles. The van der Waals surface area contributed by atoms with Gasteiger partial charge in [0.05, 0.1) is 11.9 Å². The maximum Gasteiger partial charge on any atom is 0.145 e. The molecule has 1 aromatic heterocycles. The van der Waals surface area contributed by atoms with Gasteiger partial charge in [-0.15, -0.1) is 0 Å². The second-order valence-electron chi connectivity index (χ2n) is 5.72. The number of rotatable bonds is 5. The zero-order chi connectivity index (χ0) is 16.9. The number of hydrogen-bond donors (Lipinski definition) is 0.